The first-order chi connectivity index (χ1) is 23.9. The molecular weight excluding hydrogens is 663 g/mol. The predicted molar refractivity (Wildman–Crippen MR) is 174 cm³/mol. The van der Waals surface area contributed by atoms with Crippen molar-refractivity contribution in [2.75, 3.05) is 34.1 Å². The van der Waals surface area contributed by atoms with Crippen molar-refractivity contribution < 1.29 is 51.7 Å². The van der Waals surface area contributed by atoms with Crippen LogP contribution < -0.4 is 9.47 Å². The van der Waals surface area contributed by atoms with Gasteiger partial charge in [-0.2, -0.15) is 13.2 Å². The fourth-order valence-corrected chi connectivity index (χ4v) is 6.14. The molecule has 12 nitrogen and oxygen atoms in total. The Balaban J connectivity index is 1.47. The number of aromatic nitrogens is 1. The molecule has 4 aromatic rings. The summed E-state index contributed by atoms with van der Waals surface area (Å²) < 4.78 is 69.9. The maximum Gasteiger partial charge on any atom is 0.431 e. The SMILES string of the molecule is COCOC(C(=O)N1CCC(Oc2ccc(CCC(=O)O)cc2OC)CC1)(c1cn(Cc2ccccc2)c2cc([N+](=O)[O-])ccc12)C(F)(F)F. The lowest BCUT2D eigenvalue weighted by Crippen LogP contribution is -2.59. The number of non-ortho nitro benzene ring substituents is 1. The zero-order chi connectivity index (χ0) is 36.1. The maximum absolute atomic E-state index is 15.5. The fraction of sp³-hybridized carbons (Fsp3) is 0.371. The molecule has 1 N–H and O–H groups in total. The smallest absolute Gasteiger partial charge is 0.431 e. The van der Waals surface area contributed by atoms with Crippen molar-refractivity contribution in [3.63, 3.8) is 0 Å². The zero-order valence-corrected chi connectivity index (χ0v) is 27.4. The minimum atomic E-state index is -5.28. The molecule has 266 valence electrons. The third-order valence-corrected chi connectivity index (χ3v) is 8.62. The lowest BCUT2D eigenvalue weighted by molar-refractivity contribution is -0.384. The number of halogens is 3. The highest BCUT2D eigenvalue weighted by Crippen LogP contribution is 2.48. The molecule has 3 aromatic carbocycles. The number of ether oxygens (including phenoxy) is 4. The molecule has 2 heterocycles. The average molecular weight is 700 g/mol. The number of carbonyl (C=O) groups excluding carboxylic acids is 1. The van der Waals surface area contributed by atoms with Crippen molar-refractivity contribution in [2.45, 2.75) is 50.1 Å². The number of aryl methyl sites for hydroxylation is 1. The Morgan fingerprint density at radius 3 is 2.32 bits per heavy atom. The topological polar surface area (TPSA) is 143 Å². The van der Waals surface area contributed by atoms with E-state index in [1.54, 1.807) is 48.5 Å². The lowest BCUT2D eigenvalue weighted by Gasteiger charge is -2.40. The van der Waals surface area contributed by atoms with Gasteiger partial charge in [-0.25, -0.2) is 0 Å². The molecule has 1 saturated heterocycles. The quantitative estimate of drug-likeness (QED) is 0.0943. The van der Waals surface area contributed by atoms with E-state index in [0.717, 1.165) is 29.2 Å². The van der Waals surface area contributed by atoms with Gasteiger partial charge < -0.3 is 33.5 Å². The first-order valence-corrected chi connectivity index (χ1v) is 15.7. The minimum Gasteiger partial charge on any atom is -0.493 e. The van der Waals surface area contributed by atoms with Crippen LogP contribution in [0, 0.1) is 10.1 Å². The monoisotopic (exact) mass is 699 g/mol. The van der Waals surface area contributed by atoms with E-state index in [0.29, 0.717) is 17.9 Å². The molecule has 50 heavy (non-hydrogen) atoms. The molecule has 1 fully saturated rings. The number of piperidine rings is 1. The summed E-state index contributed by atoms with van der Waals surface area (Å²) in [6.07, 6.45) is -3.96. The number of nitro groups is 1. The first-order valence-electron chi connectivity index (χ1n) is 15.7. The Bertz CT molecular complexity index is 1840. The van der Waals surface area contributed by atoms with Gasteiger partial charge in [0, 0.05) is 75.3 Å². The van der Waals surface area contributed by atoms with E-state index in [9.17, 15) is 19.7 Å². The lowest BCUT2D eigenvalue weighted by atomic mass is 9.89. The summed E-state index contributed by atoms with van der Waals surface area (Å²) in [4.78, 5) is 37.3. The number of likely N-dealkylation sites (tertiary alicyclic amines) is 1. The molecule has 1 aromatic heterocycles. The number of nitro benzene ring substituents is 1. The molecule has 1 aliphatic rings. The van der Waals surface area contributed by atoms with E-state index < -0.39 is 47.0 Å². The fourth-order valence-electron chi connectivity index (χ4n) is 6.14. The molecule has 0 bridgehead atoms. The van der Waals surface area contributed by atoms with Crippen LogP contribution in [0.15, 0.2) is 72.9 Å². The standard InChI is InChI=1S/C35H36F3N3O9/c1-47-22-49-34(35(36,37)38,28-21-40(20-24-6-4-3-5-7-24)29-19-25(41(45)46)10-11-27(28)29)33(44)39-16-14-26(15-17-39)50-30-12-8-23(9-13-32(42)43)18-31(30)48-2/h3-8,10-12,18-19,21,26H,9,13-17,20,22H2,1-2H3,(H,42,43). The van der Waals surface area contributed by atoms with Gasteiger partial charge in [-0.1, -0.05) is 36.4 Å². The number of alkyl halides is 3. The Kier molecular flexibility index (Phi) is 11.0. The van der Waals surface area contributed by atoms with E-state index in [4.69, 9.17) is 24.1 Å². The summed E-state index contributed by atoms with van der Waals surface area (Å²) in [5, 5.41) is 20.6. The van der Waals surface area contributed by atoms with Crippen molar-refractivity contribution in [3.8, 4) is 11.5 Å². The Labute approximate surface area is 285 Å². The molecule has 1 amide bonds. The predicted octanol–water partition coefficient (Wildman–Crippen LogP) is 6.07. The van der Waals surface area contributed by atoms with Crippen molar-refractivity contribution in [1.82, 2.24) is 9.47 Å². The van der Waals surface area contributed by atoms with Crippen LogP contribution in [-0.4, -0.2) is 77.8 Å². The molecule has 5 rings (SSSR count). The summed E-state index contributed by atoms with van der Waals surface area (Å²) in [5.74, 6) is -1.53. The Morgan fingerprint density at radius 2 is 1.70 bits per heavy atom. The van der Waals surface area contributed by atoms with Crippen LogP contribution in [0.4, 0.5) is 18.9 Å². The van der Waals surface area contributed by atoms with Gasteiger partial charge in [-0.3, -0.25) is 19.7 Å². The largest absolute Gasteiger partial charge is 0.493 e. The summed E-state index contributed by atoms with van der Waals surface area (Å²) >= 11 is 0. The van der Waals surface area contributed by atoms with Gasteiger partial charge in [0.25, 0.3) is 17.2 Å². The second-order valence-electron chi connectivity index (χ2n) is 11.8. The highest BCUT2D eigenvalue weighted by molar-refractivity contribution is 5.96. The molecule has 0 radical (unpaired) electrons. The summed E-state index contributed by atoms with van der Waals surface area (Å²) in [5.41, 5.74) is -2.78. The Hall–Kier alpha value is -5.15. The molecule has 1 unspecified atom stereocenters. The van der Waals surface area contributed by atoms with Gasteiger partial charge >= 0.3 is 12.1 Å². The van der Waals surface area contributed by atoms with Gasteiger partial charge in [0.1, 0.15) is 12.9 Å². The van der Waals surface area contributed by atoms with E-state index in [-0.39, 0.29) is 55.5 Å². The second kappa shape index (κ2) is 15.2. The van der Waals surface area contributed by atoms with Crippen LogP contribution in [0.1, 0.15) is 36.0 Å². The number of methoxy groups -OCH3 is 2. The molecule has 0 spiro atoms. The average Bonchev–Trinajstić information content (AvgIpc) is 3.45. The molecule has 1 aliphatic heterocycles. The third kappa shape index (κ3) is 7.53. The number of carbonyl (C=O) groups is 2. The van der Waals surface area contributed by atoms with Gasteiger partial charge in [0.2, 0.25) is 0 Å². The number of hydrogen-bond donors (Lipinski definition) is 1. The first kappa shape index (κ1) is 36.1. The number of hydrogen-bond acceptors (Lipinski definition) is 8. The van der Waals surface area contributed by atoms with Crippen molar-refractivity contribution in [1.29, 1.82) is 0 Å². The molecule has 0 saturated carbocycles. The third-order valence-electron chi connectivity index (χ3n) is 8.62. The van der Waals surface area contributed by atoms with E-state index in [1.165, 1.54) is 30.0 Å². The van der Waals surface area contributed by atoms with E-state index in [2.05, 4.69) is 0 Å². The molecular formula is C35H36F3N3O9. The number of carboxylic acids is 1. The summed E-state index contributed by atoms with van der Waals surface area (Å²) in [6, 6.07) is 17.3. The zero-order valence-electron chi connectivity index (χ0n) is 27.4. The number of benzene rings is 3. The summed E-state index contributed by atoms with van der Waals surface area (Å²) in [7, 11) is 2.58. The number of amides is 1. The summed E-state index contributed by atoms with van der Waals surface area (Å²) in [6.45, 7) is -0.987. The maximum atomic E-state index is 15.5. The van der Waals surface area contributed by atoms with Crippen LogP contribution in [0.2, 0.25) is 0 Å². The van der Waals surface area contributed by atoms with Crippen LogP contribution in [-0.2, 0) is 37.6 Å². The van der Waals surface area contributed by atoms with Crippen LogP contribution in [0.3, 0.4) is 0 Å². The van der Waals surface area contributed by atoms with Crippen LogP contribution >= 0.6 is 0 Å². The van der Waals surface area contributed by atoms with Gasteiger partial charge in [0.05, 0.1) is 17.5 Å². The van der Waals surface area contributed by atoms with Crippen molar-refractivity contribution in [3.05, 3.63) is 99.7 Å². The van der Waals surface area contributed by atoms with Gasteiger partial charge in [0.15, 0.2) is 11.5 Å². The normalized spacial score (nSPS) is 15.1. The van der Waals surface area contributed by atoms with Crippen LogP contribution in [0.25, 0.3) is 10.9 Å². The highest BCUT2D eigenvalue weighted by atomic mass is 19.4. The minimum absolute atomic E-state index is 0.0366. The highest BCUT2D eigenvalue weighted by Gasteiger charge is 2.65. The van der Waals surface area contributed by atoms with Crippen LogP contribution in [0.5, 0.6) is 11.5 Å². The van der Waals surface area contributed by atoms with Crippen molar-refractivity contribution >= 4 is 28.5 Å². The molecule has 15 heteroatoms. The number of aliphatic carboxylic acids is 1. The van der Waals surface area contributed by atoms with Gasteiger partial charge in [-0.05, 0) is 35.7 Å². The second-order valence-corrected chi connectivity index (χ2v) is 11.8. The Morgan fingerprint density at radius 1 is 0.980 bits per heavy atom. The number of fused-ring (bicyclic) bond motifs is 1. The molecule has 1 atom stereocenters. The number of carboxylic acid groups (broad SMARTS) is 1. The number of rotatable bonds is 14. The molecule has 0 aliphatic carbocycles. The number of nitrogens with zero attached hydrogens (tertiary/aromatic N) is 3. The van der Waals surface area contributed by atoms with E-state index in [1.807, 2.05) is 0 Å². The van der Waals surface area contributed by atoms with E-state index >= 15 is 13.2 Å². The van der Waals surface area contributed by atoms with Crippen molar-refractivity contribution in [2.24, 2.45) is 0 Å². The van der Waals surface area contributed by atoms with Gasteiger partial charge in [-0.15, -0.1) is 0 Å².